The first-order valence-corrected chi connectivity index (χ1v) is 12.5. The van der Waals surface area contributed by atoms with Gasteiger partial charge in [0.1, 0.15) is 11.5 Å². The number of hydrogen-bond donors (Lipinski definition) is 1. The molecule has 1 spiro atoms. The van der Waals surface area contributed by atoms with Gasteiger partial charge >= 0.3 is 5.97 Å². The normalized spacial score (nSPS) is 19.4. The van der Waals surface area contributed by atoms with Crippen molar-refractivity contribution in [2.45, 2.75) is 25.4 Å². The Morgan fingerprint density at radius 1 is 0.806 bits per heavy atom. The highest BCUT2D eigenvalue weighted by Gasteiger charge is 2.53. The fraction of sp³-hybridized carbons (Fsp3) is 0.194. The maximum Gasteiger partial charge on any atom is 0.340 e. The van der Waals surface area contributed by atoms with Gasteiger partial charge in [0.15, 0.2) is 5.60 Å². The highest BCUT2D eigenvalue weighted by molar-refractivity contribution is 5.97. The highest BCUT2D eigenvalue weighted by Crippen LogP contribution is 2.56. The first-order chi connectivity index (χ1) is 17.6. The average molecular weight is 475 g/mol. The molecule has 0 bridgehead atoms. The topological polar surface area (TPSA) is 50.8 Å². The molecule has 36 heavy (non-hydrogen) atoms. The number of para-hydroxylation sites is 1. The van der Waals surface area contributed by atoms with E-state index in [9.17, 15) is 4.79 Å². The second kappa shape index (κ2) is 7.89. The minimum absolute atomic E-state index is 0.319. The van der Waals surface area contributed by atoms with Crippen LogP contribution in [-0.4, -0.2) is 19.1 Å². The summed E-state index contributed by atoms with van der Waals surface area (Å²) in [6, 6.07) is 28.1. The van der Waals surface area contributed by atoms with Crippen LogP contribution in [0.4, 0.5) is 17.1 Å². The molecular weight excluding hydrogens is 448 g/mol. The largest absolute Gasteiger partial charge is 0.456 e. The van der Waals surface area contributed by atoms with E-state index >= 15 is 0 Å². The molecule has 3 heterocycles. The number of nitrogens with zero attached hydrogens (tertiary/aromatic N) is 1. The lowest BCUT2D eigenvalue weighted by atomic mass is 9.77. The first kappa shape index (κ1) is 21.1. The molecular formula is C31H26N2O3. The summed E-state index contributed by atoms with van der Waals surface area (Å²) in [7, 11) is 0. The fourth-order valence-electron chi connectivity index (χ4n) is 5.77. The minimum atomic E-state index is -1.05. The number of ether oxygens (including phenoxy) is 2. The van der Waals surface area contributed by atoms with Crippen molar-refractivity contribution in [3.8, 4) is 11.5 Å². The summed E-state index contributed by atoms with van der Waals surface area (Å²) in [4.78, 5) is 15.5. The molecule has 5 nitrogen and oxygen atoms in total. The highest BCUT2D eigenvalue weighted by atomic mass is 16.6. The number of rotatable bonds is 3. The van der Waals surface area contributed by atoms with Gasteiger partial charge in [-0.15, -0.1) is 0 Å². The van der Waals surface area contributed by atoms with E-state index < -0.39 is 5.60 Å². The lowest BCUT2D eigenvalue weighted by Gasteiger charge is -2.36. The maximum atomic E-state index is 13.1. The zero-order valence-corrected chi connectivity index (χ0v) is 20.1. The van der Waals surface area contributed by atoms with Gasteiger partial charge in [-0.1, -0.05) is 42.5 Å². The van der Waals surface area contributed by atoms with Gasteiger partial charge in [-0.2, -0.15) is 0 Å². The number of hydrogen-bond acceptors (Lipinski definition) is 5. The first-order valence-electron chi connectivity index (χ1n) is 12.5. The Kier molecular flexibility index (Phi) is 4.61. The number of carbonyl (C=O) groups excluding carboxylic acids is 1. The zero-order chi connectivity index (χ0) is 24.3. The molecule has 4 aromatic rings. The second-order valence-corrected chi connectivity index (χ2v) is 9.74. The van der Waals surface area contributed by atoms with Gasteiger partial charge in [0, 0.05) is 46.8 Å². The summed E-state index contributed by atoms with van der Waals surface area (Å²) in [5.41, 5.74) is 6.42. The second-order valence-electron chi connectivity index (χ2n) is 9.74. The third-order valence-electron chi connectivity index (χ3n) is 7.59. The Hall–Kier alpha value is -4.25. The van der Waals surface area contributed by atoms with E-state index in [0.717, 1.165) is 41.2 Å². The van der Waals surface area contributed by atoms with Crippen molar-refractivity contribution in [1.82, 2.24) is 0 Å². The Morgan fingerprint density at radius 3 is 2.42 bits per heavy atom. The van der Waals surface area contributed by atoms with E-state index in [0.29, 0.717) is 17.1 Å². The minimum Gasteiger partial charge on any atom is -0.456 e. The molecule has 0 saturated carbocycles. The molecule has 5 heteroatoms. The Morgan fingerprint density at radius 2 is 1.56 bits per heavy atom. The van der Waals surface area contributed by atoms with Crippen LogP contribution in [0, 0.1) is 6.92 Å². The van der Waals surface area contributed by atoms with Gasteiger partial charge in [-0.05, 0) is 67.8 Å². The van der Waals surface area contributed by atoms with Crippen LogP contribution < -0.4 is 15.0 Å². The molecule has 7 rings (SSSR count). The SMILES string of the molecule is Cc1ccc(N2CCCC2)cc1Nc1ccc2c(c1)C1(OC(=O)c3ccccc31)c1ccccc1O2. The molecule has 1 N–H and O–H groups in total. The van der Waals surface area contributed by atoms with Crippen LogP contribution in [0.5, 0.6) is 11.5 Å². The predicted molar refractivity (Wildman–Crippen MR) is 141 cm³/mol. The van der Waals surface area contributed by atoms with Crippen molar-refractivity contribution in [3.63, 3.8) is 0 Å². The maximum absolute atomic E-state index is 13.1. The molecule has 1 saturated heterocycles. The monoisotopic (exact) mass is 474 g/mol. The van der Waals surface area contributed by atoms with E-state index in [4.69, 9.17) is 9.47 Å². The molecule has 0 radical (unpaired) electrons. The number of benzene rings is 4. The van der Waals surface area contributed by atoms with Gasteiger partial charge in [-0.25, -0.2) is 4.79 Å². The van der Waals surface area contributed by atoms with Gasteiger partial charge in [0.05, 0.1) is 5.56 Å². The molecule has 0 aliphatic carbocycles. The molecule has 4 aromatic carbocycles. The number of aryl methyl sites for hydroxylation is 1. The molecule has 1 atom stereocenters. The number of carbonyl (C=O) groups is 1. The van der Waals surface area contributed by atoms with Gasteiger partial charge in [0.25, 0.3) is 0 Å². The van der Waals surface area contributed by atoms with Crippen molar-refractivity contribution in [3.05, 3.63) is 113 Å². The summed E-state index contributed by atoms with van der Waals surface area (Å²) >= 11 is 0. The third kappa shape index (κ3) is 3.05. The number of nitrogens with one attached hydrogen (secondary N) is 1. The summed E-state index contributed by atoms with van der Waals surface area (Å²) in [6.45, 7) is 4.32. The van der Waals surface area contributed by atoms with Crippen molar-refractivity contribution in [2.24, 2.45) is 0 Å². The molecule has 3 aliphatic heterocycles. The predicted octanol–water partition coefficient (Wildman–Crippen LogP) is 6.91. The summed E-state index contributed by atoms with van der Waals surface area (Å²) in [5, 5.41) is 3.63. The molecule has 1 unspecified atom stereocenters. The van der Waals surface area contributed by atoms with E-state index in [-0.39, 0.29) is 5.97 Å². The van der Waals surface area contributed by atoms with Crippen molar-refractivity contribution in [1.29, 1.82) is 0 Å². The summed E-state index contributed by atoms with van der Waals surface area (Å²) in [6.07, 6.45) is 2.48. The van der Waals surface area contributed by atoms with E-state index in [1.165, 1.54) is 24.1 Å². The van der Waals surface area contributed by atoms with Crippen LogP contribution in [0.15, 0.2) is 84.9 Å². The van der Waals surface area contributed by atoms with Crippen molar-refractivity contribution < 1.29 is 14.3 Å². The standard InChI is InChI=1S/C31H26N2O3/c1-20-12-14-22(33-16-6-7-17-33)19-27(20)32-21-13-15-29-26(18-21)31(25-10-4-5-11-28(25)35-29)24-9-3-2-8-23(24)30(34)36-31/h2-5,8-15,18-19,32H,6-7,16-17H2,1H3. The molecule has 0 amide bonds. The molecule has 178 valence electrons. The average Bonchev–Trinajstić information content (AvgIpc) is 3.54. The third-order valence-corrected chi connectivity index (χ3v) is 7.59. The van der Waals surface area contributed by atoms with Gasteiger partial charge < -0.3 is 19.7 Å². The number of esters is 1. The van der Waals surface area contributed by atoms with Crippen LogP contribution >= 0.6 is 0 Å². The van der Waals surface area contributed by atoms with Crippen molar-refractivity contribution in [2.75, 3.05) is 23.3 Å². The number of fused-ring (bicyclic) bond motifs is 6. The van der Waals surface area contributed by atoms with Crippen LogP contribution in [0.2, 0.25) is 0 Å². The number of anilines is 3. The Bertz CT molecular complexity index is 1520. The smallest absolute Gasteiger partial charge is 0.340 e. The summed E-state index contributed by atoms with van der Waals surface area (Å²) in [5.74, 6) is 1.07. The van der Waals surface area contributed by atoms with E-state index in [2.05, 4.69) is 41.4 Å². The lowest BCUT2D eigenvalue weighted by Crippen LogP contribution is -2.33. The Labute approximate surface area is 210 Å². The van der Waals surface area contributed by atoms with E-state index in [1.54, 1.807) is 0 Å². The summed E-state index contributed by atoms with van der Waals surface area (Å²) < 4.78 is 12.6. The molecule has 3 aliphatic rings. The lowest BCUT2D eigenvalue weighted by molar-refractivity contribution is 0.0224. The quantitative estimate of drug-likeness (QED) is 0.327. The van der Waals surface area contributed by atoms with E-state index in [1.807, 2.05) is 60.7 Å². The fourth-order valence-corrected chi connectivity index (χ4v) is 5.77. The molecule has 1 fully saturated rings. The molecule has 0 aromatic heterocycles. The van der Waals surface area contributed by atoms with Crippen LogP contribution in [0.1, 0.15) is 45.5 Å². The van der Waals surface area contributed by atoms with Crippen molar-refractivity contribution >= 4 is 23.0 Å². The van der Waals surface area contributed by atoms with Crippen LogP contribution in [0.25, 0.3) is 0 Å². The van der Waals surface area contributed by atoms with Gasteiger partial charge in [-0.3, -0.25) is 0 Å². The zero-order valence-electron chi connectivity index (χ0n) is 20.1. The van der Waals surface area contributed by atoms with Gasteiger partial charge in [0.2, 0.25) is 0 Å². The Balaban J connectivity index is 1.36. The van der Waals surface area contributed by atoms with Crippen LogP contribution in [0.3, 0.4) is 0 Å². The van der Waals surface area contributed by atoms with Crippen LogP contribution in [-0.2, 0) is 10.3 Å².